The van der Waals surface area contributed by atoms with Crippen molar-refractivity contribution in [3.05, 3.63) is 41.0 Å². The second-order valence-corrected chi connectivity index (χ2v) is 7.58. The third-order valence-corrected chi connectivity index (χ3v) is 5.42. The SMILES string of the molecule is CCCCC1CN(CC(=O)N(CN)CN)C(=O)c2cc(-c3ccc(Cl)cc3)nn21. The summed E-state index contributed by atoms with van der Waals surface area (Å²) >= 11 is 5.98. The Balaban J connectivity index is 1.90. The van der Waals surface area contributed by atoms with Crippen LogP contribution in [0.25, 0.3) is 11.3 Å². The number of rotatable bonds is 8. The Kier molecular flexibility index (Phi) is 6.89. The van der Waals surface area contributed by atoms with Gasteiger partial charge in [-0.3, -0.25) is 14.3 Å². The summed E-state index contributed by atoms with van der Waals surface area (Å²) < 4.78 is 1.81. The van der Waals surface area contributed by atoms with Gasteiger partial charge in [-0.2, -0.15) is 5.10 Å². The number of fused-ring (bicyclic) bond motifs is 1. The van der Waals surface area contributed by atoms with Crippen LogP contribution in [0.15, 0.2) is 30.3 Å². The number of carbonyl (C=O) groups is 2. The minimum absolute atomic E-state index is 0.0145. The first kappa shape index (κ1) is 21.3. The number of benzene rings is 1. The summed E-state index contributed by atoms with van der Waals surface area (Å²) in [6.07, 6.45) is 2.92. The summed E-state index contributed by atoms with van der Waals surface area (Å²) in [7, 11) is 0. The van der Waals surface area contributed by atoms with Gasteiger partial charge in [-0.05, 0) is 24.6 Å². The van der Waals surface area contributed by atoms with Crippen molar-refractivity contribution in [3.63, 3.8) is 0 Å². The normalized spacial score (nSPS) is 16.1. The molecule has 1 aliphatic heterocycles. The molecule has 2 heterocycles. The lowest BCUT2D eigenvalue weighted by molar-refractivity contribution is -0.132. The third-order valence-electron chi connectivity index (χ3n) is 5.17. The van der Waals surface area contributed by atoms with Crippen LogP contribution in [0.5, 0.6) is 0 Å². The molecule has 0 spiro atoms. The van der Waals surface area contributed by atoms with Crippen LogP contribution >= 0.6 is 11.6 Å². The fourth-order valence-corrected chi connectivity index (χ4v) is 3.63. The Labute approximate surface area is 175 Å². The Morgan fingerprint density at radius 2 is 1.97 bits per heavy atom. The lowest BCUT2D eigenvalue weighted by atomic mass is 10.1. The highest BCUT2D eigenvalue weighted by molar-refractivity contribution is 6.30. The number of nitrogens with two attached hydrogens (primary N) is 2. The molecule has 29 heavy (non-hydrogen) atoms. The van der Waals surface area contributed by atoms with Crippen LogP contribution in [0.3, 0.4) is 0 Å². The molecule has 9 heteroatoms. The molecule has 3 rings (SSSR count). The predicted molar refractivity (Wildman–Crippen MR) is 112 cm³/mol. The molecule has 2 amide bonds. The molecule has 4 N–H and O–H groups in total. The van der Waals surface area contributed by atoms with E-state index in [-0.39, 0.29) is 37.7 Å². The van der Waals surface area contributed by atoms with Gasteiger partial charge in [0.1, 0.15) is 12.2 Å². The molecule has 1 aromatic carbocycles. The van der Waals surface area contributed by atoms with Crippen LogP contribution in [0.4, 0.5) is 0 Å². The quantitative estimate of drug-likeness (QED) is 0.637. The summed E-state index contributed by atoms with van der Waals surface area (Å²) in [5.74, 6) is -0.476. The molecule has 0 radical (unpaired) electrons. The smallest absolute Gasteiger partial charge is 0.272 e. The predicted octanol–water partition coefficient (Wildman–Crippen LogP) is 2.05. The van der Waals surface area contributed by atoms with Crippen molar-refractivity contribution in [3.8, 4) is 11.3 Å². The van der Waals surface area contributed by atoms with E-state index in [0.29, 0.717) is 23.0 Å². The topological polar surface area (TPSA) is 110 Å². The fraction of sp³-hybridized carbons (Fsp3) is 0.450. The Morgan fingerprint density at radius 3 is 2.59 bits per heavy atom. The van der Waals surface area contributed by atoms with Gasteiger partial charge in [0.25, 0.3) is 5.91 Å². The van der Waals surface area contributed by atoms with E-state index in [1.807, 2.05) is 16.8 Å². The molecule has 0 bridgehead atoms. The molecule has 0 saturated heterocycles. The van der Waals surface area contributed by atoms with Crippen LogP contribution in [-0.2, 0) is 4.79 Å². The number of carbonyl (C=O) groups excluding carboxylic acids is 2. The van der Waals surface area contributed by atoms with Gasteiger partial charge in [0.2, 0.25) is 5.91 Å². The minimum atomic E-state index is -0.261. The molecule has 8 nitrogen and oxygen atoms in total. The summed E-state index contributed by atoms with van der Waals surface area (Å²) in [4.78, 5) is 28.4. The average molecular weight is 419 g/mol. The molecule has 1 atom stereocenters. The maximum absolute atomic E-state index is 13.1. The molecule has 1 aromatic heterocycles. The van der Waals surface area contributed by atoms with Gasteiger partial charge >= 0.3 is 0 Å². The van der Waals surface area contributed by atoms with Crippen LogP contribution in [0, 0.1) is 0 Å². The van der Waals surface area contributed by atoms with Crippen molar-refractivity contribution in [1.29, 1.82) is 0 Å². The van der Waals surface area contributed by atoms with Gasteiger partial charge in [0.05, 0.1) is 25.1 Å². The van der Waals surface area contributed by atoms with Gasteiger partial charge in [0.15, 0.2) is 0 Å². The van der Waals surface area contributed by atoms with E-state index in [4.69, 9.17) is 28.2 Å². The number of amides is 2. The highest BCUT2D eigenvalue weighted by Gasteiger charge is 2.34. The first-order valence-corrected chi connectivity index (χ1v) is 10.2. The monoisotopic (exact) mass is 418 g/mol. The molecule has 1 unspecified atom stereocenters. The first-order valence-electron chi connectivity index (χ1n) is 9.81. The van der Waals surface area contributed by atoms with Gasteiger partial charge < -0.3 is 21.3 Å². The largest absolute Gasteiger partial charge is 0.326 e. The van der Waals surface area contributed by atoms with Crippen molar-refractivity contribution in [1.82, 2.24) is 19.6 Å². The zero-order valence-corrected chi connectivity index (χ0v) is 17.3. The molecule has 0 fully saturated rings. The lowest BCUT2D eigenvalue weighted by Gasteiger charge is -2.34. The average Bonchev–Trinajstić information content (AvgIpc) is 3.16. The van der Waals surface area contributed by atoms with Gasteiger partial charge in [-0.15, -0.1) is 0 Å². The third kappa shape index (κ3) is 4.60. The van der Waals surface area contributed by atoms with Gasteiger partial charge in [-0.1, -0.05) is 43.5 Å². The van der Waals surface area contributed by atoms with Crippen LogP contribution in [-0.4, -0.2) is 57.8 Å². The van der Waals surface area contributed by atoms with E-state index in [1.165, 1.54) is 4.90 Å². The molecule has 0 aliphatic carbocycles. The number of hydrogen-bond acceptors (Lipinski definition) is 5. The maximum Gasteiger partial charge on any atom is 0.272 e. The first-order chi connectivity index (χ1) is 14.0. The number of halogens is 1. The lowest BCUT2D eigenvalue weighted by Crippen LogP contribution is -2.50. The van der Waals surface area contributed by atoms with Crippen LogP contribution in [0.1, 0.15) is 42.7 Å². The zero-order valence-electron chi connectivity index (χ0n) is 16.6. The van der Waals surface area contributed by atoms with Crippen molar-refractivity contribution < 1.29 is 9.59 Å². The van der Waals surface area contributed by atoms with E-state index in [1.54, 1.807) is 23.1 Å². The van der Waals surface area contributed by atoms with E-state index in [2.05, 4.69) is 6.92 Å². The fourth-order valence-electron chi connectivity index (χ4n) is 3.50. The molecular weight excluding hydrogens is 392 g/mol. The standard InChI is InChI=1S/C20H27ClN6O2/c1-2-3-4-16-10-25(11-19(28)26(12-22)13-23)20(29)18-9-17(24-27(16)18)14-5-7-15(21)8-6-14/h5-9,16H,2-4,10-13,22-23H2,1H3. The molecule has 156 valence electrons. The number of nitrogens with zero attached hydrogens (tertiary/aromatic N) is 4. The summed E-state index contributed by atoms with van der Waals surface area (Å²) in [6, 6.07) is 9.15. The molecule has 2 aromatic rings. The van der Waals surface area contributed by atoms with E-state index < -0.39 is 0 Å². The van der Waals surface area contributed by atoms with Crippen molar-refractivity contribution in [2.75, 3.05) is 26.4 Å². The van der Waals surface area contributed by atoms with Crippen molar-refractivity contribution in [2.45, 2.75) is 32.2 Å². The van der Waals surface area contributed by atoms with E-state index in [0.717, 1.165) is 24.8 Å². The second-order valence-electron chi connectivity index (χ2n) is 7.15. The molecular formula is C20H27ClN6O2. The number of hydrogen-bond donors (Lipinski definition) is 2. The Morgan fingerprint density at radius 1 is 1.28 bits per heavy atom. The second kappa shape index (κ2) is 9.39. The Hall–Kier alpha value is -2.42. The molecule has 1 aliphatic rings. The summed E-state index contributed by atoms with van der Waals surface area (Å²) in [5, 5.41) is 5.35. The van der Waals surface area contributed by atoms with Gasteiger partial charge in [0, 0.05) is 17.1 Å². The number of aromatic nitrogens is 2. The van der Waals surface area contributed by atoms with E-state index in [9.17, 15) is 9.59 Å². The summed E-state index contributed by atoms with van der Waals surface area (Å²) in [6.45, 7) is 2.56. The van der Waals surface area contributed by atoms with E-state index >= 15 is 0 Å². The number of unbranched alkanes of at least 4 members (excludes halogenated alkanes) is 1. The maximum atomic E-state index is 13.1. The van der Waals surface area contributed by atoms with Crippen LogP contribution in [0.2, 0.25) is 5.02 Å². The molecule has 0 saturated carbocycles. The van der Waals surface area contributed by atoms with Gasteiger partial charge in [-0.25, -0.2) is 0 Å². The van der Waals surface area contributed by atoms with Crippen molar-refractivity contribution >= 4 is 23.4 Å². The summed E-state index contributed by atoms with van der Waals surface area (Å²) in [5.41, 5.74) is 13.2. The van der Waals surface area contributed by atoms with Crippen LogP contribution < -0.4 is 11.5 Å². The Bertz CT molecular complexity index is 862. The highest BCUT2D eigenvalue weighted by atomic mass is 35.5. The minimum Gasteiger partial charge on any atom is -0.326 e. The zero-order chi connectivity index (χ0) is 21.0. The van der Waals surface area contributed by atoms with Crippen molar-refractivity contribution in [2.24, 2.45) is 11.5 Å². The highest BCUT2D eigenvalue weighted by Crippen LogP contribution is 2.29.